The van der Waals surface area contributed by atoms with Crippen molar-refractivity contribution in [3.8, 4) is 6.01 Å². The molecule has 0 radical (unpaired) electrons. The van der Waals surface area contributed by atoms with Crippen molar-refractivity contribution in [2.75, 3.05) is 20.3 Å². The standard InChI is InChI=1S/C10H14N2O4/c1-7-8(9(13)14)6-11-10(12-7)16-5-3-4-15-2/h6H,3-5H2,1-2H3,(H,13,14). The normalized spacial score (nSPS) is 10.1. The van der Waals surface area contributed by atoms with Crippen LogP contribution in [-0.4, -0.2) is 41.4 Å². The molecule has 1 aromatic rings. The third-order valence-corrected chi connectivity index (χ3v) is 1.91. The lowest BCUT2D eigenvalue weighted by molar-refractivity contribution is 0.0695. The maximum Gasteiger partial charge on any atom is 0.339 e. The van der Waals surface area contributed by atoms with E-state index in [-0.39, 0.29) is 11.6 Å². The lowest BCUT2D eigenvalue weighted by atomic mass is 10.2. The van der Waals surface area contributed by atoms with Gasteiger partial charge in [0.25, 0.3) is 0 Å². The van der Waals surface area contributed by atoms with Gasteiger partial charge in [0.15, 0.2) is 0 Å². The number of nitrogens with zero attached hydrogens (tertiary/aromatic N) is 2. The summed E-state index contributed by atoms with van der Waals surface area (Å²) in [5.74, 6) is -1.04. The molecule has 16 heavy (non-hydrogen) atoms. The number of ether oxygens (including phenoxy) is 2. The average molecular weight is 226 g/mol. The van der Waals surface area contributed by atoms with Crippen LogP contribution in [-0.2, 0) is 4.74 Å². The second-order valence-electron chi connectivity index (χ2n) is 3.15. The number of hydrogen-bond donors (Lipinski definition) is 1. The van der Waals surface area contributed by atoms with Crippen molar-refractivity contribution in [3.05, 3.63) is 17.5 Å². The van der Waals surface area contributed by atoms with Crippen molar-refractivity contribution in [1.82, 2.24) is 9.97 Å². The zero-order chi connectivity index (χ0) is 12.0. The van der Waals surface area contributed by atoms with Crippen LogP contribution in [0.25, 0.3) is 0 Å². The highest BCUT2D eigenvalue weighted by atomic mass is 16.5. The van der Waals surface area contributed by atoms with Crippen LogP contribution in [0.5, 0.6) is 6.01 Å². The van der Waals surface area contributed by atoms with E-state index in [0.29, 0.717) is 18.9 Å². The van der Waals surface area contributed by atoms with Crippen molar-refractivity contribution in [1.29, 1.82) is 0 Å². The van der Waals surface area contributed by atoms with Crippen LogP contribution in [0.2, 0.25) is 0 Å². The molecule has 88 valence electrons. The molecule has 1 heterocycles. The summed E-state index contributed by atoms with van der Waals surface area (Å²) in [6, 6.07) is 0.193. The Bertz CT molecular complexity index is 368. The monoisotopic (exact) mass is 226 g/mol. The van der Waals surface area contributed by atoms with Gasteiger partial charge in [-0.2, -0.15) is 4.98 Å². The van der Waals surface area contributed by atoms with E-state index in [2.05, 4.69) is 9.97 Å². The Morgan fingerprint density at radius 1 is 1.50 bits per heavy atom. The number of carbonyl (C=O) groups is 1. The van der Waals surface area contributed by atoms with Gasteiger partial charge in [-0.25, -0.2) is 9.78 Å². The molecule has 0 fully saturated rings. The smallest absolute Gasteiger partial charge is 0.339 e. The van der Waals surface area contributed by atoms with Gasteiger partial charge in [0.2, 0.25) is 0 Å². The summed E-state index contributed by atoms with van der Waals surface area (Å²) in [4.78, 5) is 18.4. The van der Waals surface area contributed by atoms with E-state index in [1.807, 2.05) is 0 Å². The van der Waals surface area contributed by atoms with Gasteiger partial charge in [-0.05, 0) is 6.92 Å². The summed E-state index contributed by atoms with van der Waals surface area (Å²) in [6.45, 7) is 2.65. The number of carboxylic acids is 1. The molecule has 1 N–H and O–H groups in total. The molecule has 6 nitrogen and oxygen atoms in total. The number of aryl methyl sites for hydroxylation is 1. The Kier molecular flexibility index (Phi) is 4.65. The van der Waals surface area contributed by atoms with E-state index in [4.69, 9.17) is 14.6 Å². The number of rotatable bonds is 6. The molecule has 0 aliphatic heterocycles. The van der Waals surface area contributed by atoms with Crippen LogP contribution >= 0.6 is 0 Å². The predicted molar refractivity (Wildman–Crippen MR) is 55.7 cm³/mol. The van der Waals surface area contributed by atoms with E-state index < -0.39 is 5.97 Å². The molecular weight excluding hydrogens is 212 g/mol. The maximum absolute atomic E-state index is 10.7. The van der Waals surface area contributed by atoms with Gasteiger partial charge in [-0.1, -0.05) is 0 Å². The van der Waals surface area contributed by atoms with Gasteiger partial charge in [0.1, 0.15) is 0 Å². The molecule has 1 aromatic heterocycles. The summed E-state index contributed by atoms with van der Waals surface area (Å²) in [7, 11) is 1.61. The molecule has 1 rings (SSSR count). The molecule has 0 spiro atoms. The number of carboxylic acid groups (broad SMARTS) is 1. The Morgan fingerprint density at radius 3 is 2.81 bits per heavy atom. The average Bonchev–Trinajstić information content (AvgIpc) is 2.24. The van der Waals surface area contributed by atoms with Crippen LogP contribution in [0.15, 0.2) is 6.20 Å². The molecule has 0 saturated heterocycles. The fraction of sp³-hybridized carbons (Fsp3) is 0.500. The first kappa shape index (κ1) is 12.4. The molecular formula is C10H14N2O4. The quantitative estimate of drug-likeness (QED) is 0.726. The minimum absolute atomic E-state index is 0.0873. The zero-order valence-corrected chi connectivity index (χ0v) is 9.27. The van der Waals surface area contributed by atoms with Gasteiger partial charge >= 0.3 is 12.0 Å². The Balaban J connectivity index is 2.56. The van der Waals surface area contributed by atoms with Crippen molar-refractivity contribution in [2.45, 2.75) is 13.3 Å². The van der Waals surface area contributed by atoms with E-state index in [1.165, 1.54) is 6.20 Å². The SMILES string of the molecule is COCCCOc1ncc(C(=O)O)c(C)n1. The third-order valence-electron chi connectivity index (χ3n) is 1.91. The maximum atomic E-state index is 10.7. The lowest BCUT2D eigenvalue weighted by Crippen LogP contribution is -2.08. The second kappa shape index (κ2) is 6.02. The van der Waals surface area contributed by atoms with Crippen molar-refractivity contribution >= 4 is 5.97 Å². The molecule has 0 aliphatic rings. The van der Waals surface area contributed by atoms with E-state index >= 15 is 0 Å². The fourth-order valence-corrected chi connectivity index (χ4v) is 1.09. The predicted octanol–water partition coefficient (Wildman–Crippen LogP) is 0.899. The van der Waals surface area contributed by atoms with E-state index in [1.54, 1.807) is 14.0 Å². The molecule has 0 saturated carbocycles. The summed E-state index contributed by atoms with van der Waals surface area (Å²) in [6.07, 6.45) is 1.98. The Labute approximate surface area is 93.2 Å². The third kappa shape index (κ3) is 3.47. The first-order chi connectivity index (χ1) is 7.65. The molecule has 0 bridgehead atoms. The summed E-state index contributed by atoms with van der Waals surface area (Å²) in [5, 5.41) is 8.77. The highest BCUT2D eigenvalue weighted by molar-refractivity contribution is 5.88. The van der Waals surface area contributed by atoms with Gasteiger partial charge in [0.05, 0.1) is 17.9 Å². The topological polar surface area (TPSA) is 81.5 Å². The second-order valence-corrected chi connectivity index (χ2v) is 3.15. The number of methoxy groups -OCH3 is 1. The molecule has 0 unspecified atom stereocenters. The summed E-state index contributed by atoms with van der Waals surface area (Å²) >= 11 is 0. The number of aromatic carboxylic acids is 1. The highest BCUT2D eigenvalue weighted by Gasteiger charge is 2.10. The van der Waals surface area contributed by atoms with Crippen molar-refractivity contribution in [2.24, 2.45) is 0 Å². The largest absolute Gasteiger partial charge is 0.478 e. The van der Waals surface area contributed by atoms with Gasteiger partial charge in [0, 0.05) is 26.3 Å². The van der Waals surface area contributed by atoms with Crippen LogP contribution in [0, 0.1) is 6.92 Å². The zero-order valence-electron chi connectivity index (χ0n) is 9.27. The molecule has 0 atom stereocenters. The van der Waals surface area contributed by atoms with Crippen LogP contribution < -0.4 is 4.74 Å². The first-order valence-electron chi connectivity index (χ1n) is 4.84. The van der Waals surface area contributed by atoms with Gasteiger partial charge < -0.3 is 14.6 Å². The summed E-state index contributed by atoms with van der Waals surface area (Å²) in [5.41, 5.74) is 0.480. The van der Waals surface area contributed by atoms with Crippen molar-refractivity contribution in [3.63, 3.8) is 0 Å². The fourth-order valence-electron chi connectivity index (χ4n) is 1.09. The highest BCUT2D eigenvalue weighted by Crippen LogP contribution is 2.08. The van der Waals surface area contributed by atoms with Crippen LogP contribution in [0.3, 0.4) is 0 Å². The number of hydrogen-bond acceptors (Lipinski definition) is 5. The Hall–Kier alpha value is -1.69. The molecule has 0 amide bonds. The number of aromatic nitrogens is 2. The van der Waals surface area contributed by atoms with Crippen LogP contribution in [0.4, 0.5) is 0 Å². The van der Waals surface area contributed by atoms with E-state index in [0.717, 1.165) is 6.42 Å². The van der Waals surface area contributed by atoms with Crippen LogP contribution in [0.1, 0.15) is 22.5 Å². The molecule has 0 aromatic carbocycles. The van der Waals surface area contributed by atoms with Crippen molar-refractivity contribution < 1.29 is 19.4 Å². The van der Waals surface area contributed by atoms with Gasteiger partial charge in [-0.15, -0.1) is 0 Å². The molecule has 6 heteroatoms. The minimum Gasteiger partial charge on any atom is -0.478 e. The minimum atomic E-state index is -1.04. The Morgan fingerprint density at radius 2 is 2.25 bits per heavy atom. The van der Waals surface area contributed by atoms with Gasteiger partial charge in [-0.3, -0.25) is 0 Å². The lowest BCUT2D eigenvalue weighted by Gasteiger charge is -2.05. The van der Waals surface area contributed by atoms with E-state index in [9.17, 15) is 4.79 Å². The molecule has 0 aliphatic carbocycles. The summed E-state index contributed by atoms with van der Waals surface area (Å²) < 4.78 is 10.1. The first-order valence-corrected chi connectivity index (χ1v) is 4.84.